The van der Waals surface area contributed by atoms with Crippen molar-refractivity contribution >= 4 is 39.4 Å². The zero-order valence-electron chi connectivity index (χ0n) is 13.8. The Morgan fingerprint density at radius 1 is 1.04 bits per heavy atom. The average molecular weight is 404 g/mol. The maximum Gasteiger partial charge on any atom is 0.337 e. The van der Waals surface area contributed by atoms with Gasteiger partial charge in [0.05, 0.1) is 11.3 Å². The number of carbonyl (C=O) groups is 1. The molecule has 0 saturated carbocycles. The normalized spacial score (nSPS) is 11.1. The van der Waals surface area contributed by atoms with Crippen molar-refractivity contribution in [2.24, 2.45) is 0 Å². The smallest absolute Gasteiger partial charge is 0.337 e. The van der Waals surface area contributed by atoms with E-state index in [-0.39, 0.29) is 28.8 Å². The van der Waals surface area contributed by atoms with Crippen molar-refractivity contribution < 1.29 is 27.3 Å². The molecule has 0 amide bonds. The topological polar surface area (TPSA) is 154 Å². The second-order valence-corrected chi connectivity index (χ2v) is 6.66. The third-order valence-electron chi connectivity index (χ3n) is 3.33. The summed E-state index contributed by atoms with van der Waals surface area (Å²) in [5.74, 6) is -1.66. The van der Waals surface area contributed by atoms with Crippen LogP contribution in [0, 0.1) is 12.1 Å². The van der Waals surface area contributed by atoms with Crippen molar-refractivity contribution in [2.45, 2.75) is 4.90 Å². The Morgan fingerprint density at radius 2 is 1.71 bits per heavy atom. The lowest BCUT2D eigenvalue weighted by molar-refractivity contribution is 0.0698. The van der Waals surface area contributed by atoms with Crippen molar-refractivity contribution in [1.82, 2.24) is 15.0 Å². The molecule has 3 aromatic rings. The Bertz CT molecular complexity index is 1140. The predicted molar refractivity (Wildman–Crippen MR) is 94.8 cm³/mol. The summed E-state index contributed by atoms with van der Waals surface area (Å²) in [7, 11) is -4.39. The van der Waals surface area contributed by atoms with Crippen LogP contribution < -0.4 is 10.6 Å². The minimum Gasteiger partial charge on any atom is -0.478 e. The van der Waals surface area contributed by atoms with Crippen LogP contribution in [0.1, 0.15) is 10.4 Å². The summed E-state index contributed by atoms with van der Waals surface area (Å²) in [4.78, 5) is 21.7. The van der Waals surface area contributed by atoms with Gasteiger partial charge in [-0.2, -0.15) is 27.8 Å². The Hall–Kier alpha value is -3.64. The Balaban J connectivity index is 1.85. The molecule has 0 aliphatic rings. The van der Waals surface area contributed by atoms with E-state index in [1.807, 2.05) is 0 Å². The fourth-order valence-electron chi connectivity index (χ4n) is 2.14. The number of nitrogens with one attached hydrogen (secondary N) is 2. The van der Waals surface area contributed by atoms with Gasteiger partial charge in [-0.3, -0.25) is 4.55 Å². The molecule has 0 aliphatic heterocycles. The van der Waals surface area contributed by atoms with Gasteiger partial charge in [0.2, 0.25) is 11.9 Å². The summed E-state index contributed by atoms with van der Waals surface area (Å²) in [5.41, 5.74) is 0.348. The first-order valence-corrected chi connectivity index (χ1v) is 8.93. The molecule has 1 aromatic heterocycles. The van der Waals surface area contributed by atoms with Gasteiger partial charge in [0.1, 0.15) is 4.90 Å². The summed E-state index contributed by atoms with van der Waals surface area (Å²) in [6.07, 6.45) is -1.13. The fraction of sp³-hybridized carbons (Fsp3) is 0. The summed E-state index contributed by atoms with van der Waals surface area (Å²) in [6, 6.07) is 11.8. The summed E-state index contributed by atoms with van der Waals surface area (Å²) in [5, 5.41) is 14.4. The summed E-state index contributed by atoms with van der Waals surface area (Å²) < 4.78 is 44.7. The highest BCUT2D eigenvalue weighted by molar-refractivity contribution is 7.85. The monoisotopic (exact) mass is 404 g/mol. The van der Waals surface area contributed by atoms with Gasteiger partial charge in [-0.25, -0.2) is 4.79 Å². The number of benzene rings is 2. The molecule has 3 rings (SSSR count). The molecular weight excluding hydrogens is 393 g/mol. The van der Waals surface area contributed by atoms with Crippen molar-refractivity contribution in [1.29, 1.82) is 0 Å². The number of para-hydroxylation sites is 1. The van der Waals surface area contributed by atoms with Crippen molar-refractivity contribution in [3.05, 3.63) is 60.2 Å². The maximum atomic E-state index is 13.7. The molecule has 28 heavy (non-hydrogen) atoms. The van der Waals surface area contributed by atoms with E-state index in [1.54, 1.807) is 6.07 Å². The number of carboxylic acids is 1. The van der Waals surface area contributed by atoms with Crippen LogP contribution >= 0.6 is 0 Å². The molecule has 0 saturated heterocycles. The summed E-state index contributed by atoms with van der Waals surface area (Å²) in [6.45, 7) is 0. The molecule has 0 bridgehead atoms. The molecule has 12 heteroatoms. The molecule has 10 nitrogen and oxygen atoms in total. The predicted octanol–water partition coefficient (Wildman–Crippen LogP) is 2.24. The van der Waals surface area contributed by atoms with Crippen LogP contribution in [0.15, 0.2) is 47.4 Å². The third kappa shape index (κ3) is 4.55. The van der Waals surface area contributed by atoms with E-state index in [0.717, 1.165) is 6.07 Å². The zero-order chi connectivity index (χ0) is 20.3. The number of halogens is 1. The van der Waals surface area contributed by atoms with Crippen LogP contribution in [0.2, 0.25) is 0 Å². The van der Waals surface area contributed by atoms with Crippen molar-refractivity contribution in [2.75, 3.05) is 10.6 Å². The van der Waals surface area contributed by atoms with Gasteiger partial charge in [0, 0.05) is 11.8 Å². The molecule has 4 N–H and O–H groups in total. The number of rotatable bonds is 6. The molecule has 1 radical (unpaired) electrons. The Morgan fingerprint density at radius 3 is 2.32 bits per heavy atom. The highest BCUT2D eigenvalue weighted by Crippen LogP contribution is 2.21. The fourth-order valence-corrected chi connectivity index (χ4v) is 2.59. The molecule has 0 spiro atoms. The van der Waals surface area contributed by atoms with Crippen LogP contribution in [-0.2, 0) is 10.1 Å². The van der Waals surface area contributed by atoms with Crippen molar-refractivity contribution in [3.63, 3.8) is 0 Å². The number of aromatic nitrogens is 3. The first-order chi connectivity index (χ1) is 13.2. The van der Waals surface area contributed by atoms with Crippen LogP contribution in [0.25, 0.3) is 0 Å². The second kappa shape index (κ2) is 7.54. The van der Waals surface area contributed by atoms with Crippen LogP contribution in [0.4, 0.5) is 27.7 Å². The highest BCUT2D eigenvalue weighted by atomic mass is 32.2. The van der Waals surface area contributed by atoms with E-state index in [1.165, 1.54) is 30.3 Å². The number of nitrogens with zero attached hydrogens (tertiary/aromatic N) is 3. The first kappa shape index (κ1) is 19.1. The molecule has 0 aliphatic carbocycles. The number of hydrogen-bond acceptors (Lipinski definition) is 8. The van der Waals surface area contributed by atoms with Crippen molar-refractivity contribution in [3.8, 4) is 0 Å². The molecule has 1 heterocycles. The molecule has 0 fully saturated rings. The lowest BCUT2D eigenvalue weighted by Gasteiger charge is -2.10. The van der Waals surface area contributed by atoms with Gasteiger partial charge in [0.15, 0.2) is 0 Å². The van der Waals surface area contributed by atoms with E-state index in [2.05, 4.69) is 31.7 Å². The third-order valence-corrected chi connectivity index (χ3v) is 4.14. The largest absolute Gasteiger partial charge is 0.478 e. The molecule has 2 aromatic carbocycles. The lowest BCUT2D eigenvalue weighted by Crippen LogP contribution is -2.08. The quantitative estimate of drug-likeness (QED) is 0.450. The number of anilines is 4. The summed E-state index contributed by atoms with van der Waals surface area (Å²) >= 11 is 0. The first-order valence-electron chi connectivity index (χ1n) is 7.49. The van der Waals surface area contributed by atoms with Gasteiger partial charge in [0.25, 0.3) is 10.1 Å². The lowest BCUT2D eigenvalue weighted by atomic mass is 10.2. The van der Waals surface area contributed by atoms with E-state index >= 15 is 0 Å². The van der Waals surface area contributed by atoms with E-state index < -0.39 is 27.1 Å². The molecule has 0 atom stereocenters. The van der Waals surface area contributed by atoms with E-state index in [4.69, 9.17) is 4.55 Å². The number of carboxylic acid groups (broad SMARTS) is 1. The minimum atomic E-state index is -4.39. The standard InChI is InChI=1S/C16H11FN5O5S/c17-14-20-15(18-9-5-7-10(8-6-9)28(25,26)27)22-16(21-14)19-12-4-2-1-3-11(12)13(23)24/h1-7H,(H,23,24)(H,25,26,27)(H2,18,19,20,21,22). The zero-order valence-corrected chi connectivity index (χ0v) is 14.6. The Kier molecular flexibility index (Phi) is 5.15. The van der Waals surface area contributed by atoms with E-state index in [9.17, 15) is 22.7 Å². The van der Waals surface area contributed by atoms with Gasteiger partial charge >= 0.3 is 12.0 Å². The molecule has 0 unspecified atom stereocenters. The van der Waals surface area contributed by atoms with Gasteiger partial charge in [-0.05, 0) is 30.3 Å². The Labute approximate surface area is 157 Å². The maximum absolute atomic E-state index is 13.7. The SMILES string of the molecule is O=C(O)c1ccccc1Nc1nc(F)nc(Nc2c[c]c(S(=O)(=O)O)cc2)n1. The highest BCUT2D eigenvalue weighted by Gasteiger charge is 2.13. The van der Waals surface area contributed by atoms with Gasteiger partial charge in [-0.15, -0.1) is 0 Å². The average Bonchev–Trinajstić information content (AvgIpc) is 2.61. The van der Waals surface area contributed by atoms with E-state index in [0.29, 0.717) is 0 Å². The second-order valence-electron chi connectivity index (χ2n) is 5.27. The number of hydrogen-bond donors (Lipinski definition) is 4. The van der Waals surface area contributed by atoms with Gasteiger partial charge < -0.3 is 15.7 Å². The number of aromatic carboxylic acids is 1. The molecule has 143 valence electrons. The van der Waals surface area contributed by atoms with Crippen LogP contribution in [0.5, 0.6) is 0 Å². The minimum absolute atomic E-state index is 0.0618. The van der Waals surface area contributed by atoms with Crippen LogP contribution in [0.3, 0.4) is 0 Å². The molecular formula is C16H11FN5O5S. The van der Waals surface area contributed by atoms with Crippen LogP contribution in [-0.4, -0.2) is 39.0 Å². The van der Waals surface area contributed by atoms with Gasteiger partial charge in [-0.1, -0.05) is 12.1 Å².